The molecular weight excluding hydrogens is 1020 g/mol. The first-order valence-corrected chi connectivity index (χ1v) is 25.7. The summed E-state index contributed by atoms with van der Waals surface area (Å²) in [5, 5.41) is 0. The van der Waals surface area contributed by atoms with Gasteiger partial charge in [0.2, 0.25) is 0 Å². The molecule has 0 aromatic heterocycles. The van der Waals surface area contributed by atoms with Crippen LogP contribution in [-0.2, 0) is 69.2 Å². The molecule has 0 N–H and O–H groups in total. The lowest BCUT2D eigenvalue weighted by atomic mass is 9.80. The Bertz CT molecular complexity index is 3050. The van der Waals surface area contributed by atoms with Crippen molar-refractivity contribution in [2.75, 3.05) is 20.3 Å². The molecule has 4 heterocycles. The smallest absolute Gasteiger partial charge is 0.303 e. The Morgan fingerprint density at radius 2 is 0.861 bits per heavy atom. The number of nitrogens with zero attached hydrogens (tertiary/aromatic N) is 2. The Labute approximate surface area is 454 Å². The van der Waals surface area contributed by atoms with Gasteiger partial charge in [-0.2, -0.15) is 0 Å². The van der Waals surface area contributed by atoms with Crippen LogP contribution in [0.3, 0.4) is 0 Å². The summed E-state index contributed by atoms with van der Waals surface area (Å²) in [6.45, 7) is 2.18. The van der Waals surface area contributed by atoms with Crippen molar-refractivity contribution in [3.05, 3.63) is 214 Å². The average Bonchev–Trinajstić information content (AvgIpc) is 4.00. The molecule has 4 amide bonds. The Morgan fingerprint density at radius 1 is 0.468 bits per heavy atom. The number of esters is 3. The van der Waals surface area contributed by atoms with Crippen LogP contribution in [0.15, 0.2) is 170 Å². The van der Waals surface area contributed by atoms with Crippen LogP contribution in [0.2, 0.25) is 0 Å². The summed E-state index contributed by atoms with van der Waals surface area (Å²) < 4.78 is 58.9. The molecule has 18 nitrogen and oxygen atoms in total. The van der Waals surface area contributed by atoms with Crippen LogP contribution in [0, 0.1) is 0 Å². The van der Waals surface area contributed by atoms with E-state index >= 15 is 0 Å². The summed E-state index contributed by atoms with van der Waals surface area (Å²) in [5.41, 5.74) is 1.69. The van der Waals surface area contributed by atoms with Crippen LogP contribution in [0.5, 0.6) is 0 Å². The van der Waals surface area contributed by atoms with Crippen LogP contribution in [0.4, 0.5) is 0 Å². The number of methoxy groups -OCH3 is 1. The summed E-state index contributed by atoms with van der Waals surface area (Å²) in [6.07, 6.45) is -12.7. The van der Waals surface area contributed by atoms with Crippen LogP contribution < -0.4 is 0 Å². The van der Waals surface area contributed by atoms with E-state index in [4.69, 9.17) is 42.6 Å². The van der Waals surface area contributed by atoms with Crippen LogP contribution in [0.1, 0.15) is 84.5 Å². The lowest BCUT2D eigenvalue weighted by Gasteiger charge is -2.52. The molecule has 406 valence electrons. The molecule has 2 saturated heterocycles. The fourth-order valence-corrected chi connectivity index (χ4v) is 11.0. The van der Waals surface area contributed by atoms with Crippen LogP contribution in [0.25, 0.3) is 0 Å². The monoisotopic (exact) mass is 1070 g/mol. The second-order valence-electron chi connectivity index (χ2n) is 19.3. The Balaban J connectivity index is 1.17. The van der Waals surface area contributed by atoms with Gasteiger partial charge in [-0.3, -0.25) is 43.4 Å². The van der Waals surface area contributed by atoms with Gasteiger partial charge in [-0.25, -0.2) is 0 Å². The second-order valence-corrected chi connectivity index (χ2v) is 19.3. The molecule has 0 saturated carbocycles. The van der Waals surface area contributed by atoms with Crippen molar-refractivity contribution in [1.82, 2.24) is 9.80 Å². The Morgan fingerprint density at radius 3 is 1.29 bits per heavy atom. The normalized spacial score (nSPS) is 24.7. The predicted molar refractivity (Wildman–Crippen MR) is 279 cm³/mol. The number of amides is 4. The fraction of sp³-hybridized carbons (Fsp3) is 0.295. The summed E-state index contributed by atoms with van der Waals surface area (Å²) in [6, 6.07) is 46.8. The minimum Gasteiger partial charge on any atom is -0.463 e. The summed E-state index contributed by atoms with van der Waals surface area (Å²) >= 11 is 0. The predicted octanol–water partition coefficient (Wildman–Crippen LogP) is 6.82. The van der Waals surface area contributed by atoms with Gasteiger partial charge >= 0.3 is 17.9 Å². The average molecular weight is 1070 g/mol. The number of hydrogen-bond acceptors (Lipinski definition) is 16. The number of carbonyl (C=O) groups is 7. The summed E-state index contributed by atoms with van der Waals surface area (Å²) in [7, 11) is 1.35. The minimum absolute atomic E-state index is 0.00273. The molecule has 0 spiro atoms. The molecule has 2 fully saturated rings. The van der Waals surface area contributed by atoms with Crippen molar-refractivity contribution in [2.24, 2.45) is 0 Å². The molecule has 0 unspecified atom stereocenters. The maximum absolute atomic E-state index is 14.8. The molecule has 4 aliphatic rings. The third-order valence-corrected chi connectivity index (χ3v) is 14.3. The molecule has 0 radical (unpaired) electrons. The van der Waals surface area contributed by atoms with Gasteiger partial charge in [-0.05, 0) is 46.5 Å². The second kappa shape index (κ2) is 23.4. The molecule has 4 aliphatic heterocycles. The molecule has 10 rings (SSSR count). The van der Waals surface area contributed by atoms with E-state index in [9.17, 15) is 33.6 Å². The standard InChI is InChI=1S/C61H56N2O16/c1-36(64)72-34-47-52(75-37(2)65)54(76-38(3)66)50(63-57(69)45-31-19-20-32-46(45)58(63)70)60(78-47)79-51-48(35-74-61(40-23-11-6-12-24-40,41-25-13-7-14-26-41)42-27-15-8-16-28-42)77-59(71-4)49(53(51)73-33-39-21-9-5-10-22-39)62-55(67)43-29-17-18-30-44(43)56(62)68/h5-32,47-54,59-60H,33-35H2,1-4H3/t47-,48-,49-,50-,51-,52-,53-,54-,59-,60+/m1/s1. The molecule has 0 aliphatic carbocycles. The van der Waals surface area contributed by atoms with E-state index in [0.717, 1.165) is 47.3 Å². The molecule has 0 bridgehead atoms. The first-order valence-electron chi connectivity index (χ1n) is 25.7. The van der Waals surface area contributed by atoms with E-state index in [1.807, 2.05) is 121 Å². The number of imide groups is 2. The maximum atomic E-state index is 14.8. The number of rotatable bonds is 18. The zero-order valence-corrected chi connectivity index (χ0v) is 43.5. The topological polar surface area (TPSA) is 209 Å². The Kier molecular flexibility index (Phi) is 16.0. The molecular formula is C61H56N2O16. The first kappa shape index (κ1) is 54.1. The number of carbonyl (C=O) groups excluding carboxylic acids is 7. The third-order valence-electron chi connectivity index (χ3n) is 14.3. The number of ether oxygens (including phenoxy) is 9. The number of benzene rings is 6. The van der Waals surface area contributed by atoms with Crippen molar-refractivity contribution >= 4 is 41.5 Å². The highest BCUT2D eigenvalue weighted by atomic mass is 16.7. The molecule has 6 aromatic carbocycles. The van der Waals surface area contributed by atoms with Crippen LogP contribution >= 0.6 is 0 Å². The van der Waals surface area contributed by atoms with Gasteiger partial charge in [0.05, 0.1) is 35.5 Å². The van der Waals surface area contributed by atoms with Gasteiger partial charge in [0.15, 0.2) is 24.8 Å². The zero-order valence-electron chi connectivity index (χ0n) is 43.5. The van der Waals surface area contributed by atoms with Crippen molar-refractivity contribution in [1.29, 1.82) is 0 Å². The van der Waals surface area contributed by atoms with Crippen molar-refractivity contribution in [3.8, 4) is 0 Å². The van der Waals surface area contributed by atoms with Crippen molar-refractivity contribution in [3.63, 3.8) is 0 Å². The molecule has 79 heavy (non-hydrogen) atoms. The number of hydrogen-bond donors (Lipinski definition) is 0. The Hall–Kier alpha value is -8.23. The van der Waals surface area contributed by atoms with Gasteiger partial charge in [0.1, 0.15) is 48.7 Å². The number of fused-ring (bicyclic) bond motifs is 2. The van der Waals surface area contributed by atoms with Gasteiger partial charge < -0.3 is 42.6 Å². The summed E-state index contributed by atoms with van der Waals surface area (Å²) in [5.74, 6) is -5.59. The SMILES string of the molecule is CO[C@@H]1O[C@H](COC(c2ccccc2)(c2ccccc2)c2ccccc2)[C@@H](O[C@@H]2O[C@H](COC(C)=O)[C@@H](OC(C)=O)[C@H](OC(C)=O)[C@H]2N2C(=O)c3ccccc3C2=O)[C@H](OCc2ccccc2)[C@H]1N1C(=O)c2ccccc2C1=O. The van der Waals surface area contributed by atoms with E-state index in [-0.39, 0.29) is 35.5 Å². The minimum atomic E-state index is -1.91. The fourth-order valence-electron chi connectivity index (χ4n) is 11.0. The highest BCUT2D eigenvalue weighted by molar-refractivity contribution is 6.22. The van der Waals surface area contributed by atoms with E-state index in [1.54, 1.807) is 24.3 Å². The lowest BCUT2D eigenvalue weighted by molar-refractivity contribution is -0.345. The van der Waals surface area contributed by atoms with Crippen molar-refractivity contribution in [2.45, 2.75) is 94.3 Å². The van der Waals surface area contributed by atoms with Crippen LogP contribution in [-0.4, -0.2) is 133 Å². The largest absolute Gasteiger partial charge is 0.463 e. The first-order chi connectivity index (χ1) is 38.3. The highest BCUT2D eigenvalue weighted by Gasteiger charge is 2.61. The van der Waals surface area contributed by atoms with Gasteiger partial charge in [-0.1, -0.05) is 146 Å². The summed E-state index contributed by atoms with van der Waals surface area (Å²) in [4.78, 5) is 99.9. The maximum Gasteiger partial charge on any atom is 0.303 e. The van der Waals surface area contributed by atoms with E-state index in [1.165, 1.54) is 31.4 Å². The van der Waals surface area contributed by atoms with E-state index in [2.05, 4.69) is 0 Å². The van der Waals surface area contributed by atoms with E-state index < -0.39 is 115 Å². The third kappa shape index (κ3) is 10.6. The quantitative estimate of drug-likeness (QED) is 0.0374. The molecule has 6 aromatic rings. The van der Waals surface area contributed by atoms with Crippen molar-refractivity contribution < 1.29 is 76.2 Å². The highest BCUT2D eigenvalue weighted by Crippen LogP contribution is 2.44. The van der Waals surface area contributed by atoms with Gasteiger partial charge in [0.25, 0.3) is 23.6 Å². The molecule has 10 atom stereocenters. The van der Waals surface area contributed by atoms with Gasteiger partial charge in [-0.15, -0.1) is 0 Å². The van der Waals surface area contributed by atoms with E-state index in [0.29, 0.717) is 5.56 Å². The lowest BCUT2D eigenvalue weighted by Crippen LogP contribution is -2.71. The zero-order chi connectivity index (χ0) is 55.4. The molecule has 18 heteroatoms. The van der Waals surface area contributed by atoms with Gasteiger partial charge in [0, 0.05) is 27.9 Å².